The lowest BCUT2D eigenvalue weighted by atomic mass is 10.1. The Balaban J connectivity index is 1.85. The Morgan fingerprint density at radius 3 is 2.23 bits per heavy atom. The standard InChI is InChI=1S/C16H12F2O7S/c17-16(18,26-25-24-21)15(20)22-10-14(19)23-13-8-6-12(7-9-13)11-4-2-1-3-5-11/h1-9,21H,10H2/p-1. The van der Waals surface area contributed by atoms with E-state index < -0.39 is 35.8 Å². The number of carbonyl (C=O) groups is 2. The topological polar surface area (TPSA) is 94.1 Å². The van der Waals surface area contributed by atoms with E-state index in [1.165, 1.54) is 12.1 Å². The quantitative estimate of drug-likeness (QED) is 0.225. The van der Waals surface area contributed by atoms with Crippen molar-refractivity contribution >= 4 is 24.0 Å². The van der Waals surface area contributed by atoms with Crippen molar-refractivity contribution in [2.24, 2.45) is 0 Å². The van der Waals surface area contributed by atoms with E-state index in [2.05, 4.69) is 14.1 Å². The van der Waals surface area contributed by atoms with E-state index >= 15 is 0 Å². The monoisotopic (exact) mass is 385 g/mol. The zero-order valence-corrected chi connectivity index (χ0v) is 13.7. The summed E-state index contributed by atoms with van der Waals surface area (Å²) in [6, 6.07) is 15.9. The predicted octanol–water partition coefficient (Wildman–Crippen LogP) is 2.27. The minimum absolute atomic E-state index is 0.148. The van der Waals surface area contributed by atoms with E-state index in [-0.39, 0.29) is 5.75 Å². The van der Waals surface area contributed by atoms with Gasteiger partial charge in [0.1, 0.15) is 17.8 Å². The van der Waals surface area contributed by atoms with Crippen molar-refractivity contribution in [3.8, 4) is 16.9 Å². The van der Waals surface area contributed by atoms with Gasteiger partial charge in [0.2, 0.25) is 0 Å². The second-order valence-electron chi connectivity index (χ2n) is 4.68. The molecular formula is C16H11F2O7S-. The van der Waals surface area contributed by atoms with Gasteiger partial charge in [0.25, 0.3) is 0 Å². The van der Waals surface area contributed by atoms with Gasteiger partial charge < -0.3 is 14.7 Å². The van der Waals surface area contributed by atoms with Crippen LogP contribution in [0.5, 0.6) is 5.75 Å². The van der Waals surface area contributed by atoms with E-state index in [0.29, 0.717) is 0 Å². The minimum atomic E-state index is -4.22. The number of halogens is 2. The van der Waals surface area contributed by atoms with E-state index in [4.69, 9.17) is 4.74 Å². The number of hydrogen-bond acceptors (Lipinski definition) is 8. The Morgan fingerprint density at radius 2 is 1.62 bits per heavy atom. The van der Waals surface area contributed by atoms with Crippen molar-refractivity contribution in [1.82, 2.24) is 0 Å². The molecule has 0 aromatic heterocycles. The molecule has 2 rings (SSSR count). The lowest BCUT2D eigenvalue weighted by Gasteiger charge is -2.13. The normalized spacial score (nSPS) is 11.0. The molecule has 0 heterocycles. The van der Waals surface area contributed by atoms with E-state index in [1.54, 1.807) is 12.1 Å². The third-order valence-electron chi connectivity index (χ3n) is 2.92. The van der Waals surface area contributed by atoms with Crippen molar-refractivity contribution in [1.29, 1.82) is 0 Å². The van der Waals surface area contributed by atoms with Crippen LogP contribution in [0.2, 0.25) is 0 Å². The predicted molar refractivity (Wildman–Crippen MR) is 83.2 cm³/mol. The zero-order chi connectivity index (χ0) is 19.0. The molecule has 0 aliphatic carbocycles. The Bertz CT molecular complexity index is 738. The number of benzene rings is 2. The van der Waals surface area contributed by atoms with Crippen LogP contribution < -0.4 is 9.99 Å². The summed E-state index contributed by atoms with van der Waals surface area (Å²) in [6.45, 7) is -1.05. The molecular weight excluding hydrogens is 374 g/mol. The third kappa shape index (κ3) is 5.77. The summed E-state index contributed by atoms with van der Waals surface area (Å²) >= 11 is -0.853. The molecule has 2 aromatic carbocycles. The summed E-state index contributed by atoms with van der Waals surface area (Å²) in [5, 5.41) is 7.97. The number of alkyl halides is 2. The number of esters is 2. The fourth-order valence-corrected chi connectivity index (χ4v) is 2.05. The summed E-state index contributed by atoms with van der Waals surface area (Å²) in [5.41, 5.74) is 1.84. The molecule has 0 atom stereocenters. The van der Waals surface area contributed by atoms with Gasteiger partial charge in [-0.1, -0.05) is 42.5 Å². The lowest BCUT2D eigenvalue weighted by Crippen LogP contribution is -2.30. The average molecular weight is 385 g/mol. The highest BCUT2D eigenvalue weighted by Gasteiger charge is 2.44. The van der Waals surface area contributed by atoms with E-state index in [0.717, 1.165) is 11.1 Å². The summed E-state index contributed by atoms with van der Waals surface area (Å²) < 4.78 is 38.5. The molecule has 0 spiro atoms. The van der Waals surface area contributed by atoms with Gasteiger partial charge in [-0.3, -0.25) is 5.04 Å². The van der Waals surface area contributed by atoms with Crippen molar-refractivity contribution in [3.63, 3.8) is 0 Å². The maximum atomic E-state index is 13.1. The van der Waals surface area contributed by atoms with Gasteiger partial charge in [-0.05, 0) is 23.3 Å². The molecule has 0 unspecified atom stereocenters. The summed E-state index contributed by atoms with van der Waals surface area (Å²) in [5.74, 6) is -3.00. The maximum absolute atomic E-state index is 13.1. The summed E-state index contributed by atoms with van der Waals surface area (Å²) in [7, 11) is 0. The molecule has 0 bridgehead atoms. The maximum Gasteiger partial charge on any atom is 0.415 e. The van der Waals surface area contributed by atoms with E-state index in [9.17, 15) is 23.6 Å². The number of carbonyl (C=O) groups excluding carboxylic acids is 2. The second-order valence-corrected chi connectivity index (χ2v) is 5.49. The highest BCUT2D eigenvalue weighted by molar-refractivity contribution is 7.96. The molecule has 0 N–H and O–H groups in total. The first kappa shape index (κ1) is 19.8. The largest absolute Gasteiger partial charge is 0.691 e. The number of ether oxygens (including phenoxy) is 2. The van der Waals surface area contributed by atoms with Crippen LogP contribution in [0.1, 0.15) is 0 Å². The molecule has 0 amide bonds. The van der Waals surface area contributed by atoms with Crippen LogP contribution >= 0.6 is 12.0 Å². The van der Waals surface area contributed by atoms with Crippen LogP contribution in [0.25, 0.3) is 11.1 Å². The zero-order valence-electron chi connectivity index (χ0n) is 12.9. The highest BCUT2D eigenvalue weighted by atomic mass is 32.2. The Labute approximate surface area is 150 Å². The molecule has 138 valence electrons. The van der Waals surface area contributed by atoms with Crippen LogP contribution in [-0.2, 0) is 23.7 Å². The van der Waals surface area contributed by atoms with Gasteiger partial charge in [0.05, 0.1) is 0 Å². The first-order valence-electron chi connectivity index (χ1n) is 6.98. The van der Waals surface area contributed by atoms with Crippen molar-refractivity contribution in [2.75, 3.05) is 6.61 Å². The van der Waals surface area contributed by atoms with Crippen LogP contribution in [0, 0.1) is 0 Å². The Kier molecular flexibility index (Phi) is 7.04. The molecule has 7 nitrogen and oxygen atoms in total. The van der Waals surface area contributed by atoms with Crippen molar-refractivity contribution < 1.29 is 42.5 Å². The molecule has 10 heteroatoms. The first-order valence-corrected chi connectivity index (χ1v) is 7.72. The molecule has 0 aliphatic rings. The molecule has 26 heavy (non-hydrogen) atoms. The number of hydrogen-bond donors (Lipinski definition) is 0. The molecule has 0 aliphatic heterocycles. The Morgan fingerprint density at radius 1 is 1.00 bits per heavy atom. The SMILES string of the molecule is O=C(COC(=O)C(F)(F)SOO[O-])Oc1ccc(-c2ccccc2)cc1. The molecule has 2 aromatic rings. The van der Waals surface area contributed by atoms with Gasteiger partial charge in [-0.2, -0.15) is 13.1 Å². The van der Waals surface area contributed by atoms with Crippen molar-refractivity contribution in [3.05, 3.63) is 54.6 Å². The Hall–Kier alpha value is -2.53. The molecule has 0 radical (unpaired) electrons. The molecule has 0 saturated carbocycles. The first-order chi connectivity index (χ1) is 12.4. The highest BCUT2D eigenvalue weighted by Crippen LogP contribution is 2.31. The van der Waals surface area contributed by atoms with Gasteiger partial charge in [0.15, 0.2) is 6.61 Å². The fraction of sp³-hybridized carbons (Fsp3) is 0.125. The van der Waals surface area contributed by atoms with Crippen LogP contribution in [0.15, 0.2) is 54.6 Å². The lowest BCUT2D eigenvalue weighted by molar-refractivity contribution is -0.777. The molecule has 0 fully saturated rings. The molecule has 0 saturated heterocycles. The summed E-state index contributed by atoms with van der Waals surface area (Å²) in [4.78, 5) is 22.6. The van der Waals surface area contributed by atoms with Gasteiger partial charge >= 0.3 is 17.2 Å². The minimum Gasteiger partial charge on any atom is -0.691 e. The number of rotatable bonds is 8. The van der Waals surface area contributed by atoms with E-state index in [1.807, 2.05) is 30.3 Å². The van der Waals surface area contributed by atoms with Crippen molar-refractivity contribution in [2.45, 2.75) is 5.25 Å². The van der Waals surface area contributed by atoms with Gasteiger partial charge in [-0.25, -0.2) is 9.59 Å². The van der Waals surface area contributed by atoms with Gasteiger partial charge in [-0.15, -0.1) is 0 Å². The van der Waals surface area contributed by atoms with Crippen LogP contribution in [0.4, 0.5) is 8.78 Å². The smallest absolute Gasteiger partial charge is 0.415 e. The van der Waals surface area contributed by atoms with Gasteiger partial charge in [0, 0.05) is 0 Å². The summed E-state index contributed by atoms with van der Waals surface area (Å²) in [6.07, 6.45) is 0. The average Bonchev–Trinajstić information content (AvgIpc) is 2.65. The fourth-order valence-electron chi connectivity index (χ4n) is 1.81. The second kappa shape index (κ2) is 9.25. The third-order valence-corrected chi connectivity index (χ3v) is 3.42. The van der Waals surface area contributed by atoms with Crippen LogP contribution in [-0.4, -0.2) is 23.8 Å². The van der Waals surface area contributed by atoms with Crippen LogP contribution in [0.3, 0.4) is 0 Å².